The number of rotatable bonds is 2. The molecule has 0 radical (unpaired) electrons. The second-order valence-corrected chi connectivity index (χ2v) is 6.09. The van der Waals surface area contributed by atoms with Crippen molar-refractivity contribution in [1.82, 2.24) is 9.97 Å². The Morgan fingerprint density at radius 1 is 1.06 bits per heavy atom. The monoisotopic (exact) mass is 234 g/mol. The zero-order chi connectivity index (χ0) is 12.8. The van der Waals surface area contributed by atoms with Crippen molar-refractivity contribution in [3.05, 3.63) is 17.2 Å². The molecule has 3 heteroatoms. The van der Waals surface area contributed by atoms with Crippen LogP contribution in [0, 0.1) is 0 Å². The van der Waals surface area contributed by atoms with Gasteiger partial charge in [0.25, 0.3) is 0 Å². The highest BCUT2D eigenvalue weighted by molar-refractivity contribution is 5.40. The minimum atomic E-state index is -0.143. The molecular weight excluding hydrogens is 212 g/mol. The van der Waals surface area contributed by atoms with Crippen molar-refractivity contribution >= 4 is 0 Å². The van der Waals surface area contributed by atoms with E-state index in [1.807, 2.05) is 0 Å². The van der Waals surface area contributed by atoms with Crippen LogP contribution in [0.2, 0.25) is 0 Å². The SMILES string of the molecule is CC(C)c1nc2c(c(C(C)C)n1)OC(C)(C)C2. The highest BCUT2D eigenvalue weighted by Gasteiger charge is 2.35. The van der Waals surface area contributed by atoms with Gasteiger partial charge in [-0.05, 0) is 19.8 Å². The molecular formula is C14H22N2O. The Morgan fingerprint density at radius 2 is 1.71 bits per heavy atom. The summed E-state index contributed by atoms with van der Waals surface area (Å²) in [4.78, 5) is 9.33. The fourth-order valence-corrected chi connectivity index (χ4v) is 2.13. The van der Waals surface area contributed by atoms with Crippen LogP contribution in [0.5, 0.6) is 5.75 Å². The molecule has 0 saturated carbocycles. The van der Waals surface area contributed by atoms with Gasteiger partial charge in [-0.2, -0.15) is 0 Å². The summed E-state index contributed by atoms with van der Waals surface area (Å²) in [6.45, 7) is 12.8. The van der Waals surface area contributed by atoms with Crippen molar-refractivity contribution in [2.24, 2.45) is 0 Å². The summed E-state index contributed by atoms with van der Waals surface area (Å²) in [6.07, 6.45) is 0.879. The van der Waals surface area contributed by atoms with Crippen LogP contribution in [-0.4, -0.2) is 15.6 Å². The summed E-state index contributed by atoms with van der Waals surface area (Å²) in [7, 11) is 0. The predicted octanol–water partition coefficient (Wildman–Crippen LogP) is 3.44. The first-order valence-corrected chi connectivity index (χ1v) is 6.40. The molecule has 0 atom stereocenters. The van der Waals surface area contributed by atoms with E-state index < -0.39 is 0 Å². The molecule has 0 amide bonds. The molecule has 0 unspecified atom stereocenters. The number of fused-ring (bicyclic) bond motifs is 1. The van der Waals surface area contributed by atoms with Gasteiger partial charge in [0, 0.05) is 12.3 Å². The Labute approximate surface area is 104 Å². The Bertz CT molecular complexity index is 436. The highest BCUT2D eigenvalue weighted by Crippen LogP contribution is 2.39. The molecule has 3 nitrogen and oxygen atoms in total. The molecule has 2 heterocycles. The van der Waals surface area contributed by atoms with E-state index in [2.05, 4.69) is 51.5 Å². The molecule has 1 aliphatic rings. The first-order chi connectivity index (χ1) is 7.80. The first kappa shape index (κ1) is 12.3. The van der Waals surface area contributed by atoms with Crippen molar-refractivity contribution in [3.8, 4) is 5.75 Å². The molecule has 0 bridgehead atoms. The summed E-state index contributed by atoms with van der Waals surface area (Å²) in [6, 6.07) is 0. The van der Waals surface area contributed by atoms with Crippen molar-refractivity contribution in [2.75, 3.05) is 0 Å². The smallest absolute Gasteiger partial charge is 0.163 e. The number of ether oxygens (including phenoxy) is 1. The standard InChI is InChI=1S/C14H22N2O/c1-8(2)11-12-10(7-14(5,6)17-12)15-13(16-11)9(3)4/h8-9H,7H2,1-6H3. The summed E-state index contributed by atoms with van der Waals surface area (Å²) in [5, 5.41) is 0. The summed E-state index contributed by atoms with van der Waals surface area (Å²) >= 11 is 0. The van der Waals surface area contributed by atoms with Crippen molar-refractivity contribution in [3.63, 3.8) is 0 Å². The third kappa shape index (κ3) is 2.28. The van der Waals surface area contributed by atoms with Crippen molar-refractivity contribution < 1.29 is 4.74 Å². The lowest BCUT2D eigenvalue weighted by Gasteiger charge is -2.18. The van der Waals surface area contributed by atoms with Crippen LogP contribution in [0.1, 0.15) is 70.6 Å². The molecule has 0 saturated heterocycles. The minimum absolute atomic E-state index is 0.143. The van der Waals surface area contributed by atoms with Gasteiger partial charge in [0.05, 0.1) is 11.4 Å². The number of hydrogen-bond acceptors (Lipinski definition) is 3. The third-order valence-electron chi connectivity index (χ3n) is 3.01. The lowest BCUT2D eigenvalue weighted by Crippen LogP contribution is -2.25. The summed E-state index contributed by atoms with van der Waals surface area (Å²) in [5.74, 6) is 2.60. The molecule has 1 aromatic heterocycles. The van der Waals surface area contributed by atoms with Gasteiger partial charge in [-0.1, -0.05) is 27.7 Å². The largest absolute Gasteiger partial charge is 0.484 e. The van der Waals surface area contributed by atoms with Gasteiger partial charge in [0.15, 0.2) is 5.75 Å². The second kappa shape index (κ2) is 3.97. The minimum Gasteiger partial charge on any atom is -0.484 e. The van der Waals surface area contributed by atoms with Crippen LogP contribution in [-0.2, 0) is 6.42 Å². The Hall–Kier alpha value is -1.12. The van der Waals surface area contributed by atoms with Gasteiger partial charge in [0.2, 0.25) is 0 Å². The van der Waals surface area contributed by atoms with Gasteiger partial charge in [-0.15, -0.1) is 0 Å². The Balaban J connectivity index is 2.54. The zero-order valence-electron chi connectivity index (χ0n) is 11.7. The third-order valence-corrected chi connectivity index (χ3v) is 3.01. The van der Waals surface area contributed by atoms with Gasteiger partial charge in [-0.3, -0.25) is 0 Å². The fourth-order valence-electron chi connectivity index (χ4n) is 2.13. The Morgan fingerprint density at radius 3 is 2.24 bits per heavy atom. The molecule has 17 heavy (non-hydrogen) atoms. The van der Waals surface area contributed by atoms with E-state index in [4.69, 9.17) is 4.74 Å². The topological polar surface area (TPSA) is 35.0 Å². The maximum Gasteiger partial charge on any atom is 0.163 e. The van der Waals surface area contributed by atoms with E-state index in [9.17, 15) is 0 Å². The van der Waals surface area contributed by atoms with E-state index in [0.29, 0.717) is 11.8 Å². The number of nitrogens with zero attached hydrogens (tertiary/aromatic N) is 2. The molecule has 0 fully saturated rings. The van der Waals surface area contributed by atoms with Crippen LogP contribution < -0.4 is 4.74 Å². The molecule has 0 spiro atoms. The Kier molecular flexibility index (Phi) is 2.88. The van der Waals surface area contributed by atoms with Crippen LogP contribution >= 0.6 is 0 Å². The van der Waals surface area contributed by atoms with Gasteiger partial charge >= 0.3 is 0 Å². The first-order valence-electron chi connectivity index (χ1n) is 6.40. The molecule has 0 N–H and O–H groups in total. The molecule has 1 aliphatic heterocycles. The molecule has 1 aromatic rings. The van der Waals surface area contributed by atoms with Gasteiger partial charge < -0.3 is 4.74 Å². The van der Waals surface area contributed by atoms with Crippen LogP contribution in [0.4, 0.5) is 0 Å². The van der Waals surface area contributed by atoms with E-state index in [0.717, 1.165) is 29.4 Å². The van der Waals surface area contributed by atoms with Crippen LogP contribution in [0.25, 0.3) is 0 Å². The second-order valence-electron chi connectivity index (χ2n) is 6.09. The van der Waals surface area contributed by atoms with Crippen molar-refractivity contribution in [1.29, 1.82) is 0 Å². The molecule has 2 rings (SSSR count). The number of aromatic nitrogens is 2. The average molecular weight is 234 g/mol. The maximum atomic E-state index is 6.00. The van der Waals surface area contributed by atoms with E-state index >= 15 is 0 Å². The van der Waals surface area contributed by atoms with Crippen LogP contribution in [0.3, 0.4) is 0 Å². The van der Waals surface area contributed by atoms with E-state index in [-0.39, 0.29) is 5.60 Å². The van der Waals surface area contributed by atoms with Gasteiger partial charge in [0.1, 0.15) is 11.4 Å². The fraction of sp³-hybridized carbons (Fsp3) is 0.714. The van der Waals surface area contributed by atoms with E-state index in [1.54, 1.807) is 0 Å². The number of hydrogen-bond donors (Lipinski definition) is 0. The van der Waals surface area contributed by atoms with Gasteiger partial charge in [-0.25, -0.2) is 9.97 Å². The lowest BCUT2D eigenvalue weighted by atomic mass is 10.0. The highest BCUT2D eigenvalue weighted by atomic mass is 16.5. The lowest BCUT2D eigenvalue weighted by molar-refractivity contribution is 0.136. The van der Waals surface area contributed by atoms with Crippen molar-refractivity contribution in [2.45, 2.75) is 65.4 Å². The predicted molar refractivity (Wildman–Crippen MR) is 68.6 cm³/mol. The maximum absolute atomic E-state index is 6.00. The average Bonchev–Trinajstić information content (AvgIpc) is 2.49. The zero-order valence-corrected chi connectivity index (χ0v) is 11.7. The van der Waals surface area contributed by atoms with Crippen LogP contribution in [0.15, 0.2) is 0 Å². The van der Waals surface area contributed by atoms with E-state index in [1.165, 1.54) is 0 Å². The molecule has 0 aliphatic carbocycles. The normalized spacial score (nSPS) is 17.4. The summed E-state index contributed by atoms with van der Waals surface area (Å²) in [5.41, 5.74) is 2.00. The molecule has 94 valence electrons. The summed E-state index contributed by atoms with van der Waals surface area (Å²) < 4.78 is 6.00. The molecule has 0 aromatic carbocycles. The quantitative estimate of drug-likeness (QED) is 0.786.